The Kier molecular flexibility index (Phi) is 6.29. The number of benzene rings is 1. The van der Waals surface area contributed by atoms with E-state index in [1.54, 1.807) is 0 Å². The molecule has 0 fully saturated rings. The van der Waals surface area contributed by atoms with E-state index in [0.29, 0.717) is 26.1 Å². The fraction of sp³-hybridized carbons (Fsp3) is 0.571. The first-order valence-electron chi connectivity index (χ1n) is 6.19. The van der Waals surface area contributed by atoms with Gasteiger partial charge in [0.1, 0.15) is 6.10 Å². The third-order valence-corrected chi connectivity index (χ3v) is 2.97. The third kappa shape index (κ3) is 5.14. The molecule has 0 unspecified atom stereocenters. The molecule has 0 aromatic heterocycles. The molecule has 2 atom stereocenters. The number of rotatable bonds is 8. The quantitative estimate of drug-likeness (QED) is 0.607. The lowest BCUT2D eigenvalue weighted by molar-refractivity contribution is -0.0906. The molecule has 18 heavy (non-hydrogen) atoms. The highest BCUT2D eigenvalue weighted by molar-refractivity contribution is 5.13. The van der Waals surface area contributed by atoms with Crippen LogP contribution in [0.3, 0.4) is 0 Å². The zero-order chi connectivity index (χ0) is 13.4. The zero-order valence-corrected chi connectivity index (χ0v) is 10.7. The molecular formula is C14H22O4. The molecule has 0 aliphatic rings. The SMILES string of the molecule is C[C@](O)(CCCOCc1ccccc1)[C@H](O)CO. The lowest BCUT2D eigenvalue weighted by atomic mass is 9.94. The second kappa shape index (κ2) is 7.48. The van der Waals surface area contributed by atoms with Gasteiger partial charge in [-0.2, -0.15) is 0 Å². The molecule has 4 heteroatoms. The van der Waals surface area contributed by atoms with Gasteiger partial charge in [0.05, 0.1) is 18.8 Å². The van der Waals surface area contributed by atoms with E-state index in [9.17, 15) is 10.2 Å². The summed E-state index contributed by atoms with van der Waals surface area (Å²) in [5, 5.41) is 28.0. The number of hydrogen-bond donors (Lipinski definition) is 3. The van der Waals surface area contributed by atoms with Gasteiger partial charge in [-0.15, -0.1) is 0 Å². The molecule has 1 aromatic carbocycles. The maximum Gasteiger partial charge on any atom is 0.105 e. The molecule has 1 rings (SSSR count). The van der Waals surface area contributed by atoms with Crippen LogP contribution in [0, 0.1) is 0 Å². The summed E-state index contributed by atoms with van der Waals surface area (Å²) in [7, 11) is 0. The van der Waals surface area contributed by atoms with Crippen molar-refractivity contribution in [2.45, 2.75) is 38.1 Å². The lowest BCUT2D eigenvalue weighted by Gasteiger charge is -2.27. The minimum absolute atomic E-state index is 0.392. The van der Waals surface area contributed by atoms with Crippen molar-refractivity contribution in [1.82, 2.24) is 0 Å². The molecule has 0 saturated heterocycles. The van der Waals surface area contributed by atoms with E-state index in [4.69, 9.17) is 9.84 Å². The summed E-state index contributed by atoms with van der Waals surface area (Å²) in [6, 6.07) is 9.86. The summed E-state index contributed by atoms with van der Waals surface area (Å²) in [5.74, 6) is 0. The van der Waals surface area contributed by atoms with Gasteiger partial charge >= 0.3 is 0 Å². The Balaban J connectivity index is 2.16. The number of aliphatic hydroxyl groups is 3. The average molecular weight is 254 g/mol. The van der Waals surface area contributed by atoms with E-state index in [0.717, 1.165) is 5.56 Å². The Labute approximate surface area is 108 Å². The number of aliphatic hydroxyl groups excluding tert-OH is 2. The molecule has 0 saturated carbocycles. The van der Waals surface area contributed by atoms with Crippen LogP contribution in [0.25, 0.3) is 0 Å². The Hall–Kier alpha value is -0.940. The van der Waals surface area contributed by atoms with Crippen molar-refractivity contribution < 1.29 is 20.1 Å². The summed E-state index contributed by atoms with van der Waals surface area (Å²) in [6.07, 6.45) is -0.0768. The van der Waals surface area contributed by atoms with Gasteiger partial charge in [0.25, 0.3) is 0 Å². The van der Waals surface area contributed by atoms with Crippen LogP contribution in [0.2, 0.25) is 0 Å². The van der Waals surface area contributed by atoms with Crippen molar-refractivity contribution in [3.05, 3.63) is 35.9 Å². The fourth-order valence-electron chi connectivity index (χ4n) is 1.66. The standard InChI is InChI=1S/C14H22O4/c1-14(17,13(16)10-15)8-5-9-18-11-12-6-3-2-4-7-12/h2-4,6-7,13,15-17H,5,8-11H2,1H3/t13-,14+/m1/s1. The van der Waals surface area contributed by atoms with Crippen LogP contribution in [-0.2, 0) is 11.3 Å². The Morgan fingerprint density at radius 1 is 1.28 bits per heavy atom. The molecule has 0 radical (unpaired) electrons. The van der Waals surface area contributed by atoms with E-state index < -0.39 is 18.3 Å². The summed E-state index contributed by atoms with van der Waals surface area (Å²) < 4.78 is 5.47. The normalized spacial score (nSPS) is 16.2. The predicted molar refractivity (Wildman–Crippen MR) is 69.0 cm³/mol. The molecule has 102 valence electrons. The highest BCUT2D eigenvalue weighted by Gasteiger charge is 2.28. The molecule has 0 amide bonds. The molecule has 0 aliphatic heterocycles. The van der Waals surface area contributed by atoms with Gasteiger partial charge in [0.2, 0.25) is 0 Å². The second-order valence-corrected chi connectivity index (χ2v) is 4.70. The third-order valence-electron chi connectivity index (χ3n) is 2.97. The van der Waals surface area contributed by atoms with Crippen molar-refractivity contribution >= 4 is 0 Å². The van der Waals surface area contributed by atoms with E-state index in [1.807, 2.05) is 30.3 Å². The van der Waals surface area contributed by atoms with Crippen LogP contribution in [0.4, 0.5) is 0 Å². The average Bonchev–Trinajstić information content (AvgIpc) is 2.38. The molecule has 4 nitrogen and oxygen atoms in total. The largest absolute Gasteiger partial charge is 0.394 e. The minimum atomic E-state index is -1.26. The van der Waals surface area contributed by atoms with Crippen LogP contribution in [-0.4, -0.2) is 40.2 Å². The predicted octanol–water partition coefficient (Wildman–Crippen LogP) is 1.09. The lowest BCUT2D eigenvalue weighted by Crippen LogP contribution is -2.41. The molecule has 0 aliphatic carbocycles. The van der Waals surface area contributed by atoms with Gasteiger partial charge in [-0.3, -0.25) is 0 Å². The smallest absolute Gasteiger partial charge is 0.105 e. The van der Waals surface area contributed by atoms with E-state index in [1.165, 1.54) is 6.92 Å². The highest BCUT2D eigenvalue weighted by Crippen LogP contribution is 2.17. The fourth-order valence-corrected chi connectivity index (χ4v) is 1.66. The summed E-state index contributed by atoms with van der Waals surface area (Å²) in [6.45, 7) is 2.15. The molecule has 1 aromatic rings. The van der Waals surface area contributed by atoms with Crippen molar-refractivity contribution in [2.75, 3.05) is 13.2 Å². The topological polar surface area (TPSA) is 69.9 Å². The van der Waals surface area contributed by atoms with E-state index in [2.05, 4.69) is 0 Å². The Morgan fingerprint density at radius 3 is 2.56 bits per heavy atom. The zero-order valence-electron chi connectivity index (χ0n) is 10.7. The van der Waals surface area contributed by atoms with Gasteiger partial charge in [-0.1, -0.05) is 30.3 Å². The van der Waals surface area contributed by atoms with Crippen molar-refractivity contribution in [2.24, 2.45) is 0 Å². The van der Waals surface area contributed by atoms with E-state index in [-0.39, 0.29) is 0 Å². The first-order valence-corrected chi connectivity index (χ1v) is 6.19. The minimum Gasteiger partial charge on any atom is -0.394 e. The van der Waals surface area contributed by atoms with Gasteiger partial charge < -0.3 is 20.1 Å². The maximum absolute atomic E-state index is 9.83. The summed E-state index contributed by atoms with van der Waals surface area (Å²) in [5.41, 5.74) is -0.148. The first kappa shape index (κ1) is 15.1. The molecule has 0 bridgehead atoms. The number of hydrogen-bond acceptors (Lipinski definition) is 4. The summed E-state index contributed by atoms with van der Waals surface area (Å²) >= 11 is 0. The molecular weight excluding hydrogens is 232 g/mol. The van der Waals surface area contributed by atoms with Crippen molar-refractivity contribution in [1.29, 1.82) is 0 Å². The van der Waals surface area contributed by atoms with Crippen molar-refractivity contribution in [3.8, 4) is 0 Å². The van der Waals surface area contributed by atoms with Gasteiger partial charge in [0.15, 0.2) is 0 Å². The maximum atomic E-state index is 9.83. The molecule has 0 heterocycles. The molecule has 0 spiro atoms. The second-order valence-electron chi connectivity index (χ2n) is 4.70. The monoisotopic (exact) mass is 254 g/mol. The van der Waals surface area contributed by atoms with Crippen molar-refractivity contribution in [3.63, 3.8) is 0 Å². The highest BCUT2D eigenvalue weighted by atomic mass is 16.5. The van der Waals surface area contributed by atoms with Crippen LogP contribution in [0.5, 0.6) is 0 Å². The van der Waals surface area contributed by atoms with Crippen LogP contribution < -0.4 is 0 Å². The van der Waals surface area contributed by atoms with Gasteiger partial charge in [-0.25, -0.2) is 0 Å². The van der Waals surface area contributed by atoms with Crippen LogP contribution in [0.1, 0.15) is 25.3 Å². The molecule has 3 N–H and O–H groups in total. The Bertz CT molecular complexity index is 324. The Morgan fingerprint density at radius 2 is 1.94 bits per heavy atom. The van der Waals surface area contributed by atoms with Gasteiger partial charge in [-0.05, 0) is 25.3 Å². The first-order chi connectivity index (χ1) is 8.56. The number of ether oxygens (including phenoxy) is 1. The summed E-state index contributed by atoms with van der Waals surface area (Å²) in [4.78, 5) is 0. The van der Waals surface area contributed by atoms with Gasteiger partial charge in [0, 0.05) is 6.61 Å². The van der Waals surface area contributed by atoms with Crippen LogP contribution in [0.15, 0.2) is 30.3 Å². The van der Waals surface area contributed by atoms with Crippen LogP contribution >= 0.6 is 0 Å². The van der Waals surface area contributed by atoms with E-state index >= 15 is 0 Å².